The molecule has 0 unspecified atom stereocenters. The Kier molecular flexibility index (Phi) is 8.22. The van der Waals surface area contributed by atoms with E-state index < -0.39 is 29.1 Å². The molecule has 1 aliphatic carbocycles. The van der Waals surface area contributed by atoms with Crippen LogP contribution in [0.25, 0.3) is 11.1 Å². The van der Waals surface area contributed by atoms with E-state index in [0.717, 1.165) is 18.9 Å². The van der Waals surface area contributed by atoms with Gasteiger partial charge in [-0.2, -0.15) is 18.3 Å². The first-order valence-corrected chi connectivity index (χ1v) is 15.4. The van der Waals surface area contributed by atoms with E-state index in [1.807, 2.05) is 17.9 Å². The zero-order chi connectivity index (χ0) is 33.8. The van der Waals surface area contributed by atoms with Crippen molar-refractivity contribution in [2.75, 3.05) is 30.9 Å². The molecule has 11 nitrogen and oxygen atoms in total. The van der Waals surface area contributed by atoms with Gasteiger partial charge in [-0.3, -0.25) is 14.6 Å². The number of nitrogens with two attached hydrogens (primary N) is 1. The largest absolute Gasteiger partial charge is 0.433 e. The fourth-order valence-electron chi connectivity index (χ4n) is 6.79. The molecule has 6 rings (SSSR count). The van der Waals surface area contributed by atoms with Gasteiger partial charge in [-0.25, -0.2) is 14.1 Å². The number of methoxy groups -OCH3 is 1. The molecule has 3 aromatic rings. The number of aryl methyl sites for hydroxylation is 1. The summed E-state index contributed by atoms with van der Waals surface area (Å²) in [4.78, 5) is 36.0. The number of amides is 2. The average Bonchev–Trinajstić information content (AvgIpc) is 3.74. The number of hydrogen-bond acceptors (Lipinski definition) is 8. The standard InChI is InChI=1S/C32H36F4N8O3/c1-16-13-31(30(46)40-28(41-31)20-7-8-24(32(34,35)36)39-27(20)18-5-6-18)9-10-43(16)23-12-19(11-22(33)21(23)15-47-4)26-17(2)42-44(14-25(37)45)29(26)38-3/h7-8,11-12,16,18,38H,5-6,9-10,13-15H2,1-4H3,(H2,37,45)(H,40,41,46)/t16-,31+/m0/s1. The summed E-state index contributed by atoms with van der Waals surface area (Å²) in [5.74, 6) is -0.764. The van der Waals surface area contributed by atoms with Crippen molar-refractivity contribution in [2.45, 2.75) is 76.4 Å². The monoisotopic (exact) mass is 656 g/mol. The van der Waals surface area contributed by atoms with Gasteiger partial charge in [-0.1, -0.05) is 0 Å². The van der Waals surface area contributed by atoms with Crippen molar-refractivity contribution in [3.63, 3.8) is 0 Å². The molecule has 2 amide bonds. The number of alkyl halides is 3. The highest BCUT2D eigenvalue weighted by Crippen LogP contribution is 2.44. The lowest BCUT2D eigenvalue weighted by Gasteiger charge is -2.43. The van der Waals surface area contributed by atoms with Gasteiger partial charge in [-0.05, 0) is 62.9 Å². The van der Waals surface area contributed by atoms with Crippen LogP contribution in [-0.4, -0.2) is 64.7 Å². The number of carbonyl (C=O) groups is 2. The molecule has 47 heavy (non-hydrogen) atoms. The molecule has 2 aliphatic heterocycles. The molecular formula is C32H36F4N8O3. The van der Waals surface area contributed by atoms with Crippen LogP contribution < -0.4 is 21.3 Å². The number of aromatic nitrogens is 3. The van der Waals surface area contributed by atoms with Gasteiger partial charge in [0.15, 0.2) is 0 Å². The van der Waals surface area contributed by atoms with Gasteiger partial charge < -0.3 is 26.0 Å². The maximum Gasteiger partial charge on any atom is 0.433 e. The number of halogens is 4. The lowest BCUT2D eigenvalue weighted by molar-refractivity contribution is -0.141. The molecule has 2 atom stereocenters. The fraction of sp³-hybridized carbons (Fsp3) is 0.469. The van der Waals surface area contributed by atoms with Crippen molar-refractivity contribution in [3.8, 4) is 11.1 Å². The third kappa shape index (κ3) is 5.92. The van der Waals surface area contributed by atoms with Crippen LogP contribution in [0.5, 0.6) is 0 Å². The first kappa shape index (κ1) is 32.4. The number of ether oxygens (including phenoxy) is 1. The number of rotatable bonds is 9. The SMILES string of the molecule is CNc1c(-c2cc(F)c(COC)c(N3CC[C@]4(C[C@@H]3C)N=C(c3ccc(C(F)(F)F)nc3C3CC3)NC4=O)c2)c(C)nn1CC(N)=O. The molecule has 1 spiro atoms. The first-order valence-electron chi connectivity index (χ1n) is 15.4. The van der Waals surface area contributed by atoms with Crippen molar-refractivity contribution >= 4 is 29.2 Å². The van der Waals surface area contributed by atoms with Crippen LogP contribution in [0.3, 0.4) is 0 Å². The summed E-state index contributed by atoms with van der Waals surface area (Å²) in [6.07, 6.45) is -2.57. The van der Waals surface area contributed by atoms with E-state index in [-0.39, 0.29) is 49.7 Å². The maximum absolute atomic E-state index is 15.9. The minimum Gasteiger partial charge on any atom is -0.380 e. The molecule has 1 saturated carbocycles. The summed E-state index contributed by atoms with van der Waals surface area (Å²) in [7, 11) is 3.16. The summed E-state index contributed by atoms with van der Waals surface area (Å²) in [5.41, 5.74) is 6.65. The number of pyridine rings is 1. The number of hydrogen-bond donors (Lipinski definition) is 3. The van der Waals surface area contributed by atoms with E-state index in [9.17, 15) is 22.8 Å². The second-order valence-corrected chi connectivity index (χ2v) is 12.4. The molecule has 0 radical (unpaired) electrons. The number of primary amides is 1. The zero-order valence-corrected chi connectivity index (χ0v) is 26.5. The van der Waals surface area contributed by atoms with Crippen LogP contribution in [0.15, 0.2) is 29.3 Å². The average molecular weight is 657 g/mol. The Morgan fingerprint density at radius 1 is 1.26 bits per heavy atom. The van der Waals surface area contributed by atoms with E-state index in [4.69, 9.17) is 15.5 Å². The Balaban J connectivity index is 1.34. The Hall–Kier alpha value is -4.53. The van der Waals surface area contributed by atoms with E-state index >= 15 is 4.39 Å². The van der Waals surface area contributed by atoms with Crippen LogP contribution in [0.2, 0.25) is 0 Å². The van der Waals surface area contributed by atoms with E-state index in [0.29, 0.717) is 51.7 Å². The number of amidine groups is 1. The van der Waals surface area contributed by atoms with Crippen molar-refractivity contribution < 1.29 is 31.9 Å². The topological polar surface area (TPSA) is 140 Å². The van der Waals surface area contributed by atoms with Crippen LogP contribution in [0.4, 0.5) is 29.1 Å². The molecule has 2 fully saturated rings. The highest BCUT2D eigenvalue weighted by Gasteiger charge is 2.49. The van der Waals surface area contributed by atoms with Crippen LogP contribution in [0.1, 0.15) is 66.7 Å². The Labute approximate surface area is 268 Å². The lowest BCUT2D eigenvalue weighted by atomic mass is 9.83. The van der Waals surface area contributed by atoms with E-state index in [1.165, 1.54) is 23.9 Å². The molecule has 2 aromatic heterocycles. The number of anilines is 2. The molecule has 0 bridgehead atoms. The molecular weight excluding hydrogens is 620 g/mol. The van der Waals surface area contributed by atoms with Gasteiger partial charge in [0.05, 0.1) is 18.0 Å². The van der Waals surface area contributed by atoms with Crippen molar-refractivity contribution in [3.05, 3.63) is 58.3 Å². The minimum atomic E-state index is -4.58. The predicted molar refractivity (Wildman–Crippen MR) is 166 cm³/mol. The van der Waals surface area contributed by atoms with E-state index in [2.05, 4.69) is 20.7 Å². The highest BCUT2D eigenvalue weighted by molar-refractivity contribution is 6.16. The van der Waals surface area contributed by atoms with Gasteiger partial charge in [0.1, 0.15) is 35.2 Å². The van der Waals surface area contributed by atoms with Crippen LogP contribution in [0, 0.1) is 12.7 Å². The highest BCUT2D eigenvalue weighted by atomic mass is 19.4. The second kappa shape index (κ2) is 11.9. The third-order valence-corrected chi connectivity index (χ3v) is 9.07. The number of carbonyl (C=O) groups excluding carboxylic acids is 2. The summed E-state index contributed by atoms with van der Waals surface area (Å²) >= 11 is 0. The molecule has 15 heteroatoms. The summed E-state index contributed by atoms with van der Waals surface area (Å²) in [5, 5.41) is 10.3. The summed E-state index contributed by atoms with van der Waals surface area (Å²) in [6, 6.07) is 5.23. The fourth-order valence-corrected chi connectivity index (χ4v) is 6.79. The summed E-state index contributed by atoms with van der Waals surface area (Å²) < 4.78 is 63.0. The van der Waals surface area contributed by atoms with Crippen LogP contribution >= 0.6 is 0 Å². The molecule has 250 valence electrons. The zero-order valence-electron chi connectivity index (χ0n) is 26.5. The number of piperidine rings is 1. The van der Waals surface area contributed by atoms with E-state index in [1.54, 1.807) is 14.0 Å². The molecule has 1 saturated heterocycles. The third-order valence-electron chi connectivity index (χ3n) is 9.07. The molecule has 4 N–H and O–H groups in total. The second-order valence-electron chi connectivity index (χ2n) is 12.4. The van der Waals surface area contributed by atoms with Gasteiger partial charge in [0.25, 0.3) is 5.91 Å². The number of nitrogens with zero attached hydrogens (tertiary/aromatic N) is 5. The number of nitrogens with one attached hydrogen (secondary N) is 2. The van der Waals surface area contributed by atoms with Crippen molar-refractivity contribution in [1.82, 2.24) is 20.1 Å². The maximum atomic E-state index is 15.9. The van der Waals surface area contributed by atoms with Crippen molar-refractivity contribution in [2.24, 2.45) is 10.7 Å². The Bertz CT molecular complexity index is 1780. The number of aliphatic imine (C=N–C) groups is 1. The van der Waals surface area contributed by atoms with Gasteiger partial charge >= 0.3 is 6.18 Å². The summed E-state index contributed by atoms with van der Waals surface area (Å²) in [6.45, 7) is 3.87. The number of benzene rings is 1. The smallest absolute Gasteiger partial charge is 0.380 e. The predicted octanol–water partition coefficient (Wildman–Crippen LogP) is 4.27. The van der Waals surface area contributed by atoms with Gasteiger partial charge in [0, 0.05) is 61.5 Å². The lowest BCUT2D eigenvalue weighted by Crippen LogP contribution is -2.53. The molecule has 4 heterocycles. The van der Waals surface area contributed by atoms with Crippen LogP contribution in [-0.2, 0) is 33.7 Å². The van der Waals surface area contributed by atoms with Gasteiger partial charge in [0.2, 0.25) is 5.91 Å². The quantitative estimate of drug-likeness (QED) is 0.293. The first-order chi connectivity index (χ1) is 22.3. The van der Waals surface area contributed by atoms with Gasteiger partial charge in [-0.15, -0.1) is 0 Å². The normalized spacial score (nSPS) is 21.3. The minimum absolute atomic E-state index is 0.00225. The molecule has 1 aromatic carbocycles. The molecule has 3 aliphatic rings. The Morgan fingerprint density at radius 3 is 2.62 bits per heavy atom. The van der Waals surface area contributed by atoms with Crippen molar-refractivity contribution in [1.29, 1.82) is 0 Å². The Morgan fingerprint density at radius 2 is 2.00 bits per heavy atom.